The Morgan fingerprint density at radius 2 is 1.96 bits per heavy atom. The van der Waals surface area contributed by atoms with E-state index in [-0.39, 0.29) is 5.91 Å². The van der Waals surface area contributed by atoms with Gasteiger partial charge in [-0.05, 0) is 25.3 Å². The Labute approximate surface area is 147 Å². The number of amides is 1. The lowest BCUT2D eigenvalue weighted by Crippen LogP contribution is -2.42. The Morgan fingerprint density at radius 3 is 2.62 bits per heavy atom. The maximum absolute atomic E-state index is 12.7. The summed E-state index contributed by atoms with van der Waals surface area (Å²) in [5.74, 6) is -0.0374. The van der Waals surface area contributed by atoms with Crippen LogP contribution in [-0.4, -0.2) is 40.1 Å². The molecule has 3 rings (SSSR count). The van der Waals surface area contributed by atoms with Crippen molar-refractivity contribution >= 4 is 17.2 Å². The van der Waals surface area contributed by atoms with E-state index in [0.717, 1.165) is 42.8 Å². The highest BCUT2D eigenvalue weighted by Crippen LogP contribution is 2.31. The van der Waals surface area contributed by atoms with Crippen LogP contribution in [0.5, 0.6) is 0 Å². The molecule has 0 bridgehead atoms. The zero-order valence-electron chi connectivity index (χ0n) is 14.3. The van der Waals surface area contributed by atoms with Gasteiger partial charge in [0, 0.05) is 20.0 Å². The van der Waals surface area contributed by atoms with Crippen LogP contribution in [0.3, 0.4) is 0 Å². The summed E-state index contributed by atoms with van der Waals surface area (Å²) < 4.78 is 0. The van der Waals surface area contributed by atoms with Crippen LogP contribution >= 0.6 is 11.3 Å². The maximum atomic E-state index is 12.7. The summed E-state index contributed by atoms with van der Waals surface area (Å²) >= 11 is 1.46. The van der Waals surface area contributed by atoms with E-state index in [2.05, 4.69) is 17.1 Å². The number of hydrogen-bond acceptors (Lipinski definition) is 4. The molecule has 0 unspecified atom stereocenters. The fourth-order valence-corrected chi connectivity index (χ4v) is 4.47. The van der Waals surface area contributed by atoms with Crippen LogP contribution < -0.4 is 0 Å². The first kappa shape index (κ1) is 17.1. The average molecular weight is 344 g/mol. The van der Waals surface area contributed by atoms with Crippen LogP contribution in [0.1, 0.15) is 51.6 Å². The molecule has 0 saturated heterocycles. The van der Waals surface area contributed by atoms with E-state index < -0.39 is 5.60 Å². The lowest BCUT2D eigenvalue weighted by Gasteiger charge is -2.28. The zero-order chi connectivity index (χ0) is 17.2. The van der Waals surface area contributed by atoms with E-state index >= 15 is 0 Å². The average Bonchev–Trinajstić information content (AvgIpc) is 3.13. The van der Waals surface area contributed by atoms with Gasteiger partial charge in [-0.3, -0.25) is 4.79 Å². The first-order chi connectivity index (χ1) is 11.5. The molecular weight excluding hydrogens is 320 g/mol. The van der Waals surface area contributed by atoms with E-state index in [1.165, 1.54) is 16.9 Å². The minimum absolute atomic E-state index is 0.0374. The third-order valence-electron chi connectivity index (χ3n) is 4.65. The fourth-order valence-electron chi connectivity index (χ4n) is 3.37. The number of aryl methyl sites for hydroxylation is 1. The normalized spacial score (nSPS) is 16.3. The van der Waals surface area contributed by atoms with Gasteiger partial charge in [0.2, 0.25) is 0 Å². The van der Waals surface area contributed by atoms with E-state index in [9.17, 15) is 9.90 Å². The predicted molar refractivity (Wildman–Crippen MR) is 96.5 cm³/mol. The molecule has 1 aliphatic rings. The third-order valence-corrected chi connectivity index (χ3v) is 5.79. The fraction of sp³-hybridized carbons (Fsp3) is 0.474. The number of nitrogens with zero attached hydrogens (tertiary/aromatic N) is 2. The number of rotatable bonds is 5. The van der Waals surface area contributed by atoms with Crippen molar-refractivity contribution < 1.29 is 9.90 Å². The largest absolute Gasteiger partial charge is 0.388 e. The van der Waals surface area contributed by atoms with Gasteiger partial charge in [0.1, 0.15) is 4.88 Å². The van der Waals surface area contributed by atoms with Gasteiger partial charge in [-0.25, -0.2) is 4.98 Å². The summed E-state index contributed by atoms with van der Waals surface area (Å²) in [4.78, 5) is 19.6. The number of aromatic nitrogens is 1. The summed E-state index contributed by atoms with van der Waals surface area (Å²) in [6.45, 7) is 2.29. The van der Waals surface area contributed by atoms with E-state index in [1.807, 2.05) is 25.1 Å². The van der Waals surface area contributed by atoms with Crippen molar-refractivity contribution in [1.82, 2.24) is 9.88 Å². The Bertz CT molecular complexity index is 705. The molecule has 0 atom stereocenters. The second-order valence-corrected chi connectivity index (χ2v) is 7.86. The molecule has 0 radical (unpaired) electrons. The molecule has 0 spiro atoms. The molecular formula is C19H24N2O2S. The van der Waals surface area contributed by atoms with Crippen molar-refractivity contribution in [2.75, 3.05) is 13.6 Å². The molecule has 1 aromatic carbocycles. The first-order valence-electron chi connectivity index (χ1n) is 8.45. The summed E-state index contributed by atoms with van der Waals surface area (Å²) in [5.41, 5.74) is 1.26. The monoisotopic (exact) mass is 344 g/mol. The molecule has 24 heavy (non-hydrogen) atoms. The van der Waals surface area contributed by atoms with Crippen LogP contribution in [-0.2, 0) is 6.42 Å². The van der Waals surface area contributed by atoms with Gasteiger partial charge >= 0.3 is 0 Å². The van der Waals surface area contributed by atoms with Gasteiger partial charge in [0.15, 0.2) is 0 Å². The maximum Gasteiger partial charge on any atom is 0.265 e. The number of carbonyl (C=O) groups is 1. The van der Waals surface area contributed by atoms with Gasteiger partial charge in [0.05, 0.1) is 16.3 Å². The van der Waals surface area contributed by atoms with Crippen molar-refractivity contribution in [3.63, 3.8) is 0 Å². The number of aliphatic hydroxyl groups is 1. The molecule has 1 heterocycles. The van der Waals surface area contributed by atoms with Gasteiger partial charge in [-0.2, -0.15) is 0 Å². The Kier molecular flexibility index (Phi) is 5.01. The minimum atomic E-state index is -0.712. The Morgan fingerprint density at radius 1 is 1.29 bits per heavy atom. The van der Waals surface area contributed by atoms with E-state index in [0.29, 0.717) is 11.4 Å². The standard InChI is InChI=1S/C19H24N2O2S/c1-14-17(18(22)21(2)13-19(23)10-6-7-11-19)24-16(20-14)12-15-8-4-3-5-9-15/h3-5,8-9,23H,6-7,10-13H2,1-2H3. The number of likely N-dealkylation sites (N-methyl/N-ethyl adjacent to an activating group) is 1. The van der Waals surface area contributed by atoms with Crippen molar-refractivity contribution in [3.8, 4) is 0 Å². The van der Waals surface area contributed by atoms with Crippen molar-refractivity contribution in [2.45, 2.75) is 44.6 Å². The van der Waals surface area contributed by atoms with E-state index in [4.69, 9.17) is 0 Å². The van der Waals surface area contributed by atoms with Crippen LogP contribution in [0, 0.1) is 6.92 Å². The highest BCUT2D eigenvalue weighted by molar-refractivity contribution is 7.13. The smallest absolute Gasteiger partial charge is 0.265 e. The molecule has 4 nitrogen and oxygen atoms in total. The summed E-state index contributed by atoms with van der Waals surface area (Å²) in [7, 11) is 1.77. The third kappa shape index (κ3) is 3.84. The predicted octanol–water partition coefficient (Wildman–Crippen LogP) is 3.42. The lowest BCUT2D eigenvalue weighted by atomic mass is 10.0. The van der Waals surface area contributed by atoms with Gasteiger partial charge in [-0.15, -0.1) is 11.3 Å². The van der Waals surface area contributed by atoms with E-state index in [1.54, 1.807) is 11.9 Å². The summed E-state index contributed by atoms with van der Waals surface area (Å²) in [5, 5.41) is 11.5. The van der Waals surface area contributed by atoms with Gasteiger partial charge in [-0.1, -0.05) is 43.2 Å². The molecule has 1 N–H and O–H groups in total. The Balaban J connectivity index is 1.70. The number of hydrogen-bond donors (Lipinski definition) is 1. The molecule has 1 amide bonds. The second kappa shape index (κ2) is 7.03. The van der Waals surface area contributed by atoms with Crippen molar-refractivity contribution in [2.24, 2.45) is 0 Å². The van der Waals surface area contributed by atoms with Crippen molar-refractivity contribution in [1.29, 1.82) is 0 Å². The molecule has 1 aliphatic carbocycles. The van der Waals surface area contributed by atoms with Crippen LogP contribution in [0.15, 0.2) is 30.3 Å². The minimum Gasteiger partial charge on any atom is -0.388 e. The molecule has 1 fully saturated rings. The van der Waals surface area contributed by atoms with Gasteiger partial charge in [0.25, 0.3) is 5.91 Å². The molecule has 5 heteroatoms. The highest BCUT2D eigenvalue weighted by atomic mass is 32.1. The highest BCUT2D eigenvalue weighted by Gasteiger charge is 2.34. The Hall–Kier alpha value is -1.72. The first-order valence-corrected chi connectivity index (χ1v) is 9.27. The molecule has 0 aliphatic heterocycles. The molecule has 128 valence electrons. The van der Waals surface area contributed by atoms with Gasteiger partial charge < -0.3 is 10.0 Å². The number of carbonyl (C=O) groups excluding carboxylic acids is 1. The second-order valence-electron chi connectivity index (χ2n) is 6.78. The SMILES string of the molecule is Cc1nc(Cc2ccccc2)sc1C(=O)N(C)CC1(O)CCCC1. The molecule has 1 aromatic heterocycles. The summed E-state index contributed by atoms with van der Waals surface area (Å²) in [6.07, 6.45) is 4.39. The zero-order valence-corrected chi connectivity index (χ0v) is 15.1. The topological polar surface area (TPSA) is 53.4 Å². The van der Waals surface area contributed by atoms with Crippen LogP contribution in [0.4, 0.5) is 0 Å². The molecule has 2 aromatic rings. The lowest BCUT2D eigenvalue weighted by molar-refractivity contribution is 0.0158. The van der Waals surface area contributed by atoms with Crippen LogP contribution in [0.25, 0.3) is 0 Å². The summed E-state index contributed by atoms with van der Waals surface area (Å²) in [6, 6.07) is 10.2. The number of thiazole rings is 1. The quantitative estimate of drug-likeness (QED) is 0.904. The molecule has 1 saturated carbocycles. The van der Waals surface area contributed by atoms with Crippen molar-refractivity contribution in [3.05, 3.63) is 51.5 Å². The number of benzene rings is 1. The van der Waals surface area contributed by atoms with Crippen LogP contribution in [0.2, 0.25) is 0 Å².